The number of hydrogen-bond donors (Lipinski definition) is 0. The summed E-state index contributed by atoms with van der Waals surface area (Å²) in [6.07, 6.45) is 11.9. The Morgan fingerprint density at radius 1 is 0.553 bits per heavy atom. The van der Waals surface area contributed by atoms with Gasteiger partial charge in [-0.2, -0.15) is 0 Å². The Bertz CT molecular complexity index is 1750. The summed E-state index contributed by atoms with van der Waals surface area (Å²) in [5.74, 6) is 0. The Balaban J connectivity index is 0.000000138. The molecule has 4 aliphatic rings. The predicted molar refractivity (Wildman–Crippen MR) is 208 cm³/mol. The number of nitrogens with zero attached hydrogens (tertiary/aromatic N) is 1. The van der Waals surface area contributed by atoms with Crippen molar-refractivity contribution in [3.05, 3.63) is 126 Å². The lowest BCUT2D eigenvalue weighted by molar-refractivity contribution is 0.110. The fourth-order valence-corrected chi connectivity index (χ4v) is 10.3. The second-order valence-electron chi connectivity index (χ2n) is 14.7. The molecule has 4 unspecified atom stereocenters. The Kier molecular flexibility index (Phi) is 10.1. The minimum atomic E-state index is 0.0310. The first-order valence-corrected chi connectivity index (χ1v) is 19.2. The van der Waals surface area contributed by atoms with Gasteiger partial charge in [-0.1, -0.05) is 147 Å². The van der Waals surface area contributed by atoms with E-state index in [0.29, 0.717) is 30.9 Å². The van der Waals surface area contributed by atoms with Gasteiger partial charge in [0.15, 0.2) is 0 Å². The smallest absolute Gasteiger partial charge is 0.0829 e. The van der Waals surface area contributed by atoms with Gasteiger partial charge in [-0.05, 0) is 113 Å². The summed E-state index contributed by atoms with van der Waals surface area (Å²) in [5, 5.41) is 2.42. The van der Waals surface area contributed by atoms with Gasteiger partial charge in [-0.3, -0.25) is 0 Å². The predicted octanol–water partition coefficient (Wildman–Crippen LogP) is 14.6. The SMILES string of the molecule is CC12CCCCC1(C)N(c1cccc(Cl)c1Cl)c1ccccc12.CC12CCCCC1(C)c1ccccc1C2.Clc1cccc(Br)c1Cl. The van der Waals surface area contributed by atoms with Crippen molar-refractivity contribution < 1.29 is 0 Å². The second kappa shape index (κ2) is 13.6. The fourth-order valence-electron chi connectivity index (χ4n) is 9.16. The zero-order chi connectivity index (χ0) is 33.6. The van der Waals surface area contributed by atoms with Crippen LogP contribution in [0.4, 0.5) is 11.4 Å². The number of para-hydroxylation sites is 1. The average molecular weight is 773 g/mol. The third-order valence-corrected chi connectivity index (χ3v) is 14.8. The van der Waals surface area contributed by atoms with Crippen molar-refractivity contribution in [3.63, 3.8) is 0 Å². The van der Waals surface area contributed by atoms with E-state index >= 15 is 0 Å². The number of anilines is 2. The first kappa shape index (κ1) is 35.2. The van der Waals surface area contributed by atoms with E-state index in [1.165, 1.54) is 69.0 Å². The van der Waals surface area contributed by atoms with Crippen molar-refractivity contribution in [2.45, 2.75) is 102 Å². The minimum absolute atomic E-state index is 0.0310. The van der Waals surface area contributed by atoms with Gasteiger partial charge in [0.05, 0.1) is 31.3 Å². The molecule has 1 aliphatic heterocycles. The van der Waals surface area contributed by atoms with Crippen LogP contribution in [0.2, 0.25) is 20.1 Å². The van der Waals surface area contributed by atoms with E-state index in [9.17, 15) is 0 Å². The van der Waals surface area contributed by atoms with Crippen LogP contribution in [0.25, 0.3) is 0 Å². The zero-order valence-corrected chi connectivity index (χ0v) is 32.4. The maximum atomic E-state index is 6.60. The molecule has 2 fully saturated rings. The first-order chi connectivity index (χ1) is 22.4. The van der Waals surface area contributed by atoms with Gasteiger partial charge in [-0.15, -0.1) is 0 Å². The van der Waals surface area contributed by atoms with Gasteiger partial charge in [0, 0.05) is 15.6 Å². The van der Waals surface area contributed by atoms with Crippen molar-refractivity contribution in [2.75, 3.05) is 4.90 Å². The molecule has 4 atom stereocenters. The molecule has 0 spiro atoms. The van der Waals surface area contributed by atoms with E-state index in [1.807, 2.05) is 24.3 Å². The maximum Gasteiger partial charge on any atom is 0.0829 e. The molecule has 1 nitrogen and oxygen atoms in total. The van der Waals surface area contributed by atoms with Crippen LogP contribution in [0.1, 0.15) is 95.8 Å². The highest BCUT2D eigenvalue weighted by Crippen LogP contribution is 2.62. The lowest BCUT2D eigenvalue weighted by atomic mass is 9.58. The van der Waals surface area contributed by atoms with Crippen LogP contribution < -0.4 is 4.90 Å². The molecule has 4 aromatic carbocycles. The van der Waals surface area contributed by atoms with Crippen LogP contribution >= 0.6 is 62.3 Å². The van der Waals surface area contributed by atoms with Crippen LogP contribution in [0.15, 0.2) is 89.4 Å². The Hall–Kier alpha value is -1.68. The van der Waals surface area contributed by atoms with Crippen LogP contribution in [-0.2, 0) is 17.3 Å². The van der Waals surface area contributed by atoms with E-state index < -0.39 is 0 Å². The number of benzene rings is 4. The first-order valence-electron chi connectivity index (χ1n) is 16.9. The highest BCUT2D eigenvalue weighted by molar-refractivity contribution is 9.10. The normalized spacial score (nSPS) is 28.5. The van der Waals surface area contributed by atoms with Crippen LogP contribution in [-0.4, -0.2) is 5.54 Å². The van der Waals surface area contributed by atoms with Gasteiger partial charge in [0.25, 0.3) is 0 Å². The van der Waals surface area contributed by atoms with Crippen molar-refractivity contribution in [1.29, 1.82) is 0 Å². The molecule has 4 aromatic rings. The zero-order valence-electron chi connectivity index (χ0n) is 27.8. The summed E-state index contributed by atoms with van der Waals surface area (Å²) < 4.78 is 0.830. The number of halogens is 5. The topological polar surface area (TPSA) is 3.24 Å². The molecule has 6 heteroatoms. The number of hydrogen-bond acceptors (Lipinski definition) is 1. The molecular formula is C41H44BrCl4N. The lowest BCUT2D eigenvalue weighted by Gasteiger charge is -2.50. The lowest BCUT2D eigenvalue weighted by Crippen LogP contribution is -2.54. The van der Waals surface area contributed by atoms with Gasteiger partial charge in [-0.25, -0.2) is 0 Å². The molecule has 1 heterocycles. The molecule has 2 saturated carbocycles. The maximum absolute atomic E-state index is 6.60. The standard InChI is InChI=1S/C20H21Cl2N.C15H20.C6H3BrCl2/c1-19-12-5-6-13-20(19,2)23(16-10-4-3-8-14(16)19)17-11-7-9-15(21)18(17)22;1-14-9-5-6-10-15(14,2)13-8-4-3-7-12(13)11-14;7-4-2-1-3-5(8)6(4)9/h3-4,7-11H,5-6,12-13H2,1-2H3;3-4,7-8H,5-6,9-11H2,1-2H3;1-3H. The summed E-state index contributed by atoms with van der Waals surface area (Å²) >= 11 is 27.5. The number of fused-ring (bicyclic) bond motifs is 6. The van der Waals surface area contributed by atoms with Crippen molar-refractivity contribution in [2.24, 2.45) is 5.41 Å². The molecule has 3 aliphatic carbocycles. The Morgan fingerprint density at radius 3 is 1.81 bits per heavy atom. The van der Waals surface area contributed by atoms with E-state index in [1.54, 1.807) is 17.2 Å². The molecule has 0 saturated heterocycles. The molecular weight excluding hydrogens is 728 g/mol. The summed E-state index contributed by atoms with van der Waals surface area (Å²) in [5.41, 5.74) is 8.19. The van der Waals surface area contributed by atoms with Gasteiger partial charge >= 0.3 is 0 Å². The van der Waals surface area contributed by atoms with Crippen LogP contribution in [0, 0.1) is 5.41 Å². The monoisotopic (exact) mass is 769 g/mol. The van der Waals surface area contributed by atoms with E-state index in [-0.39, 0.29) is 11.0 Å². The van der Waals surface area contributed by atoms with Gasteiger partial charge in [0.2, 0.25) is 0 Å². The third kappa shape index (κ3) is 5.97. The average Bonchev–Trinajstić information content (AvgIpc) is 3.43. The van der Waals surface area contributed by atoms with E-state index in [2.05, 4.69) is 103 Å². The number of rotatable bonds is 1. The molecule has 0 amide bonds. The van der Waals surface area contributed by atoms with Crippen molar-refractivity contribution in [3.8, 4) is 0 Å². The van der Waals surface area contributed by atoms with Gasteiger partial charge in [0.1, 0.15) is 0 Å². The van der Waals surface area contributed by atoms with E-state index in [4.69, 9.17) is 46.4 Å². The third-order valence-electron chi connectivity index (χ3n) is 12.3. The fraction of sp³-hybridized carbons (Fsp3) is 0.415. The molecule has 0 radical (unpaired) electrons. The highest BCUT2D eigenvalue weighted by atomic mass is 79.9. The summed E-state index contributed by atoms with van der Waals surface area (Å²) in [7, 11) is 0. The van der Waals surface area contributed by atoms with E-state index in [0.717, 1.165) is 10.2 Å². The largest absolute Gasteiger partial charge is 0.333 e. The summed E-state index contributed by atoms with van der Waals surface area (Å²) in [6.45, 7) is 9.82. The minimum Gasteiger partial charge on any atom is -0.333 e. The Morgan fingerprint density at radius 2 is 1.11 bits per heavy atom. The second-order valence-corrected chi connectivity index (χ2v) is 17.1. The van der Waals surface area contributed by atoms with Crippen LogP contribution in [0.5, 0.6) is 0 Å². The van der Waals surface area contributed by atoms with Gasteiger partial charge < -0.3 is 4.90 Å². The Labute approximate surface area is 310 Å². The summed E-state index contributed by atoms with van der Waals surface area (Å²) in [6, 6.07) is 29.3. The molecule has 248 valence electrons. The molecule has 0 bridgehead atoms. The molecule has 47 heavy (non-hydrogen) atoms. The molecule has 0 aromatic heterocycles. The molecule has 0 N–H and O–H groups in total. The van der Waals surface area contributed by atoms with Crippen molar-refractivity contribution >= 4 is 73.7 Å². The van der Waals surface area contributed by atoms with Crippen LogP contribution in [0.3, 0.4) is 0 Å². The highest BCUT2D eigenvalue weighted by Gasteiger charge is 2.58. The quantitative estimate of drug-likeness (QED) is 0.174. The molecule has 8 rings (SSSR count). The summed E-state index contributed by atoms with van der Waals surface area (Å²) in [4.78, 5) is 2.45. The van der Waals surface area contributed by atoms with Crippen molar-refractivity contribution in [1.82, 2.24) is 0 Å².